The van der Waals surface area contributed by atoms with Gasteiger partial charge in [-0.15, -0.1) is 0 Å². The summed E-state index contributed by atoms with van der Waals surface area (Å²) < 4.78 is 10.6. The largest absolute Gasteiger partial charge is 0.466 e. The number of anilines is 1. The van der Waals surface area contributed by atoms with Gasteiger partial charge in [-0.25, -0.2) is 0 Å². The molecule has 0 spiro atoms. The van der Waals surface area contributed by atoms with Crippen LogP contribution in [-0.4, -0.2) is 29.5 Å². The van der Waals surface area contributed by atoms with Crippen molar-refractivity contribution in [3.05, 3.63) is 53.0 Å². The fourth-order valence-electron chi connectivity index (χ4n) is 2.68. The Morgan fingerprint density at radius 1 is 1.07 bits per heavy atom. The number of para-hydroxylation sites is 1. The summed E-state index contributed by atoms with van der Waals surface area (Å²) in [7, 11) is 0. The summed E-state index contributed by atoms with van der Waals surface area (Å²) in [6.45, 7) is 5.99. The molecular weight excluding hydrogens is 362 g/mol. The number of hydrogen-bond donors (Lipinski definition) is 1. The Bertz CT molecular complexity index is 911. The van der Waals surface area contributed by atoms with Crippen molar-refractivity contribution in [3.8, 4) is 0 Å². The van der Waals surface area contributed by atoms with Crippen LogP contribution < -0.4 is 5.32 Å². The molecule has 1 amide bonds. The van der Waals surface area contributed by atoms with Gasteiger partial charge in [0, 0.05) is 12.0 Å². The number of Topliss-reactive ketones (excluding diaryl/α,β-unsaturated/α-hetero) is 2. The molecule has 28 heavy (non-hydrogen) atoms. The number of benzene rings is 1. The summed E-state index contributed by atoms with van der Waals surface area (Å²) in [4.78, 5) is 47.3. The van der Waals surface area contributed by atoms with Gasteiger partial charge < -0.3 is 14.5 Å². The molecule has 0 bridgehead atoms. The Balaban J connectivity index is 1.90. The van der Waals surface area contributed by atoms with Crippen LogP contribution in [0.15, 0.2) is 34.7 Å². The zero-order valence-corrected chi connectivity index (χ0v) is 16.3. The van der Waals surface area contributed by atoms with Crippen LogP contribution in [0.3, 0.4) is 0 Å². The predicted molar refractivity (Wildman–Crippen MR) is 102 cm³/mol. The first-order chi connectivity index (χ1) is 13.2. The van der Waals surface area contributed by atoms with Gasteiger partial charge in [-0.05, 0) is 45.9 Å². The lowest BCUT2D eigenvalue weighted by molar-refractivity contribution is -0.153. The first-order valence-corrected chi connectivity index (χ1v) is 8.89. The molecule has 0 unspecified atom stereocenters. The predicted octanol–water partition coefficient (Wildman–Crippen LogP) is 3.50. The van der Waals surface area contributed by atoms with E-state index in [1.807, 2.05) is 0 Å². The fourth-order valence-corrected chi connectivity index (χ4v) is 2.68. The van der Waals surface area contributed by atoms with Crippen LogP contribution in [0.25, 0.3) is 0 Å². The van der Waals surface area contributed by atoms with E-state index in [4.69, 9.17) is 9.15 Å². The molecule has 0 aliphatic carbocycles. The molecule has 7 heteroatoms. The zero-order chi connectivity index (χ0) is 20.8. The standard InChI is InChI=1S/C21H23NO6/c1-12(23)17-7-5-6-8-19(17)22-21(26)15(4)28-20(25)10-9-16-11-18(13(2)24)14(3)27-16/h5-8,11,15H,9-10H2,1-4H3,(H,22,26)/t15-/m1/s1. The van der Waals surface area contributed by atoms with E-state index in [9.17, 15) is 19.2 Å². The van der Waals surface area contributed by atoms with E-state index in [-0.39, 0.29) is 24.4 Å². The van der Waals surface area contributed by atoms with Crippen molar-refractivity contribution < 1.29 is 28.3 Å². The molecular formula is C21H23NO6. The number of carbonyl (C=O) groups is 4. The van der Waals surface area contributed by atoms with Crippen LogP contribution in [0.2, 0.25) is 0 Å². The van der Waals surface area contributed by atoms with Crippen LogP contribution in [0.5, 0.6) is 0 Å². The number of ketones is 2. The average Bonchev–Trinajstić information content (AvgIpc) is 3.01. The van der Waals surface area contributed by atoms with E-state index >= 15 is 0 Å². The summed E-state index contributed by atoms with van der Waals surface area (Å²) >= 11 is 0. The minimum atomic E-state index is -1.03. The normalized spacial score (nSPS) is 11.6. The van der Waals surface area contributed by atoms with Gasteiger partial charge in [-0.3, -0.25) is 19.2 Å². The molecule has 1 aromatic carbocycles. The number of ether oxygens (including phenoxy) is 1. The molecule has 1 aromatic heterocycles. The average molecular weight is 385 g/mol. The number of nitrogens with one attached hydrogen (secondary N) is 1. The van der Waals surface area contributed by atoms with Crippen LogP contribution in [0.1, 0.15) is 59.4 Å². The SMILES string of the molecule is CC(=O)c1ccccc1NC(=O)[C@@H](C)OC(=O)CCc1cc(C(C)=O)c(C)o1. The second-order valence-corrected chi connectivity index (χ2v) is 6.46. The van der Waals surface area contributed by atoms with Crippen molar-refractivity contribution in [1.82, 2.24) is 0 Å². The maximum Gasteiger partial charge on any atom is 0.307 e. The fraction of sp³-hybridized carbons (Fsp3) is 0.333. The van der Waals surface area contributed by atoms with Gasteiger partial charge in [0.05, 0.1) is 17.7 Å². The topological polar surface area (TPSA) is 103 Å². The van der Waals surface area contributed by atoms with Crippen molar-refractivity contribution in [2.45, 2.75) is 46.6 Å². The van der Waals surface area contributed by atoms with E-state index in [2.05, 4.69) is 5.32 Å². The third-order valence-corrected chi connectivity index (χ3v) is 4.17. The van der Waals surface area contributed by atoms with Gasteiger partial charge in [-0.2, -0.15) is 0 Å². The van der Waals surface area contributed by atoms with Gasteiger partial charge in [0.2, 0.25) is 0 Å². The Labute approximate surface area is 163 Å². The number of aryl methyl sites for hydroxylation is 2. The third kappa shape index (κ3) is 5.39. The summed E-state index contributed by atoms with van der Waals surface area (Å²) in [5.41, 5.74) is 1.23. The van der Waals surface area contributed by atoms with Crippen LogP contribution in [0.4, 0.5) is 5.69 Å². The Morgan fingerprint density at radius 2 is 1.71 bits per heavy atom. The van der Waals surface area contributed by atoms with E-state index < -0.39 is 18.0 Å². The van der Waals surface area contributed by atoms with E-state index in [1.165, 1.54) is 20.8 Å². The summed E-state index contributed by atoms with van der Waals surface area (Å²) in [6, 6.07) is 8.22. The molecule has 0 saturated carbocycles. The monoisotopic (exact) mass is 385 g/mol. The van der Waals surface area contributed by atoms with Gasteiger partial charge in [0.1, 0.15) is 11.5 Å². The van der Waals surface area contributed by atoms with Crippen LogP contribution in [-0.2, 0) is 20.7 Å². The number of amides is 1. The molecule has 148 valence electrons. The molecule has 0 saturated heterocycles. The first-order valence-electron chi connectivity index (χ1n) is 8.89. The molecule has 0 aliphatic rings. The van der Waals surface area contributed by atoms with Crippen molar-refractivity contribution >= 4 is 29.1 Å². The van der Waals surface area contributed by atoms with Crippen LogP contribution in [0, 0.1) is 6.92 Å². The van der Waals surface area contributed by atoms with Crippen molar-refractivity contribution in [2.75, 3.05) is 5.32 Å². The minimum Gasteiger partial charge on any atom is -0.466 e. The third-order valence-electron chi connectivity index (χ3n) is 4.17. The van der Waals surface area contributed by atoms with Crippen LogP contribution >= 0.6 is 0 Å². The minimum absolute atomic E-state index is 0.00590. The highest BCUT2D eigenvalue weighted by Gasteiger charge is 2.20. The smallest absolute Gasteiger partial charge is 0.307 e. The van der Waals surface area contributed by atoms with Gasteiger partial charge in [-0.1, -0.05) is 12.1 Å². The lowest BCUT2D eigenvalue weighted by atomic mass is 10.1. The van der Waals surface area contributed by atoms with E-state index in [0.717, 1.165) is 0 Å². The van der Waals surface area contributed by atoms with E-state index in [0.29, 0.717) is 28.3 Å². The molecule has 1 atom stereocenters. The quantitative estimate of drug-likeness (QED) is 0.551. The van der Waals surface area contributed by atoms with E-state index in [1.54, 1.807) is 37.3 Å². The number of rotatable bonds is 8. The number of carbonyl (C=O) groups excluding carboxylic acids is 4. The lowest BCUT2D eigenvalue weighted by Crippen LogP contribution is -2.30. The van der Waals surface area contributed by atoms with Crippen molar-refractivity contribution in [1.29, 1.82) is 0 Å². The molecule has 2 rings (SSSR count). The Hall–Kier alpha value is -3.22. The molecule has 2 aromatic rings. The van der Waals surface area contributed by atoms with Gasteiger partial charge in [0.15, 0.2) is 17.7 Å². The summed E-state index contributed by atoms with van der Waals surface area (Å²) in [6.07, 6.45) is -0.765. The second-order valence-electron chi connectivity index (χ2n) is 6.46. The molecule has 1 N–H and O–H groups in total. The number of hydrogen-bond acceptors (Lipinski definition) is 6. The molecule has 0 radical (unpaired) electrons. The lowest BCUT2D eigenvalue weighted by Gasteiger charge is -2.14. The van der Waals surface area contributed by atoms with Gasteiger partial charge >= 0.3 is 5.97 Å². The maximum atomic E-state index is 12.3. The molecule has 0 fully saturated rings. The number of furan rings is 1. The molecule has 7 nitrogen and oxygen atoms in total. The summed E-state index contributed by atoms with van der Waals surface area (Å²) in [5, 5.41) is 2.60. The Kier molecular flexibility index (Phi) is 6.87. The summed E-state index contributed by atoms with van der Waals surface area (Å²) in [5.74, 6) is -0.374. The van der Waals surface area contributed by atoms with Crippen molar-refractivity contribution in [3.63, 3.8) is 0 Å². The van der Waals surface area contributed by atoms with Gasteiger partial charge in [0.25, 0.3) is 5.91 Å². The Morgan fingerprint density at radius 3 is 2.32 bits per heavy atom. The highest BCUT2D eigenvalue weighted by molar-refractivity contribution is 6.04. The molecule has 1 heterocycles. The highest BCUT2D eigenvalue weighted by Crippen LogP contribution is 2.18. The highest BCUT2D eigenvalue weighted by atomic mass is 16.5. The van der Waals surface area contributed by atoms with Crippen molar-refractivity contribution in [2.24, 2.45) is 0 Å². The maximum absolute atomic E-state index is 12.3. The second kappa shape index (κ2) is 9.12. The zero-order valence-electron chi connectivity index (χ0n) is 16.3. The number of esters is 1. The molecule has 0 aliphatic heterocycles. The first kappa shape index (κ1) is 21.1.